The summed E-state index contributed by atoms with van der Waals surface area (Å²) in [4.78, 5) is 9.61. The zero-order valence-electron chi connectivity index (χ0n) is 20.6. The summed E-state index contributed by atoms with van der Waals surface area (Å²) in [6.07, 6.45) is 3.81. The van der Waals surface area contributed by atoms with Crippen LogP contribution in [0.4, 0.5) is 0 Å². The normalized spacial score (nSPS) is 11.7. The molecule has 2 aromatic heterocycles. The zero-order valence-corrected chi connectivity index (χ0v) is 20.6. The van der Waals surface area contributed by atoms with Gasteiger partial charge in [-0.2, -0.15) is 0 Å². The average Bonchev–Trinajstić information content (AvgIpc) is 3.00. The molecule has 2 heteroatoms. The first kappa shape index (κ1) is 21.0. The third-order valence-corrected chi connectivity index (χ3v) is 7.76. The number of benzene rings is 6. The van der Waals surface area contributed by atoms with Gasteiger partial charge in [-0.05, 0) is 72.8 Å². The molecule has 38 heavy (non-hydrogen) atoms. The fraction of sp³-hybridized carbons (Fsp3) is 0. The van der Waals surface area contributed by atoms with Gasteiger partial charge in [0.1, 0.15) is 0 Å². The predicted molar refractivity (Wildman–Crippen MR) is 160 cm³/mol. The van der Waals surface area contributed by atoms with Gasteiger partial charge in [-0.3, -0.25) is 9.97 Å². The minimum Gasteiger partial charge on any atom is -0.254 e. The lowest BCUT2D eigenvalue weighted by atomic mass is 9.91. The van der Waals surface area contributed by atoms with Crippen LogP contribution >= 0.6 is 0 Å². The summed E-state index contributed by atoms with van der Waals surface area (Å²) in [5.41, 5.74) is 6.58. The smallest absolute Gasteiger partial charge is 0.0970 e. The van der Waals surface area contributed by atoms with Crippen LogP contribution in [0.2, 0.25) is 0 Å². The summed E-state index contributed by atoms with van der Waals surface area (Å²) in [7, 11) is 0. The van der Waals surface area contributed by atoms with Crippen molar-refractivity contribution in [3.8, 4) is 22.3 Å². The fourth-order valence-corrected chi connectivity index (χ4v) is 6.02. The number of aromatic nitrogens is 2. The van der Waals surface area contributed by atoms with E-state index in [0.29, 0.717) is 0 Å². The molecule has 2 nitrogen and oxygen atoms in total. The van der Waals surface area contributed by atoms with Crippen molar-refractivity contribution in [2.24, 2.45) is 0 Å². The molecule has 0 aliphatic heterocycles. The second-order valence-electron chi connectivity index (χ2n) is 9.79. The van der Waals surface area contributed by atoms with Crippen LogP contribution in [-0.4, -0.2) is 9.97 Å². The maximum Gasteiger partial charge on any atom is 0.0970 e. The first-order valence-corrected chi connectivity index (χ1v) is 12.9. The molecule has 0 bridgehead atoms. The second-order valence-corrected chi connectivity index (χ2v) is 9.79. The molecular weight excluding hydrogens is 460 g/mol. The monoisotopic (exact) mass is 482 g/mol. The number of nitrogens with zero attached hydrogens (tertiary/aromatic N) is 2. The highest BCUT2D eigenvalue weighted by Gasteiger charge is 2.14. The van der Waals surface area contributed by atoms with Gasteiger partial charge in [0.05, 0.1) is 11.0 Å². The van der Waals surface area contributed by atoms with Crippen LogP contribution < -0.4 is 0 Å². The predicted octanol–water partition coefficient (Wildman–Crippen LogP) is 9.58. The van der Waals surface area contributed by atoms with Gasteiger partial charge < -0.3 is 0 Å². The maximum absolute atomic E-state index is 4.82. The molecule has 0 unspecified atom stereocenters. The lowest BCUT2D eigenvalue weighted by molar-refractivity contribution is 1.37. The third-order valence-electron chi connectivity index (χ3n) is 7.76. The fourth-order valence-electron chi connectivity index (χ4n) is 6.02. The molecule has 0 amide bonds. The highest BCUT2D eigenvalue weighted by atomic mass is 14.7. The molecule has 0 aliphatic carbocycles. The number of hydrogen-bond donors (Lipinski definition) is 0. The Hall–Kier alpha value is -5.08. The van der Waals surface area contributed by atoms with E-state index < -0.39 is 0 Å². The lowest BCUT2D eigenvalue weighted by Gasteiger charge is -2.14. The van der Waals surface area contributed by atoms with Crippen LogP contribution in [0, 0.1) is 0 Å². The Labute approximate surface area is 219 Å². The quantitative estimate of drug-likeness (QED) is 0.229. The second kappa shape index (κ2) is 8.22. The maximum atomic E-state index is 4.82. The van der Waals surface area contributed by atoms with Crippen molar-refractivity contribution in [1.82, 2.24) is 9.97 Å². The van der Waals surface area contributed by atoms with Crippen molar-refractivity contribution in [1.29, 1.82) is 0 Å². The molecule has 0 N–H and O–H groups in total. The molecule has 176 valence electrons. The van der Waals surface area contributed by atoms with Crippen molar-refractivity contribution in [2.75, 3.05) is 0 Å². The Morgan fingerprint density at radius 1 is 0.316 bits per heavy atom. The van der Waals surface area contributed by atoms with E-state index in [1.807, 2.05) is 18.5 Å². The van der Waals surface area contributed by atoms with Gasteiger partial charge in [0.25, 0.3) is 0 Å². The molecule has 0 radical (unpaired) electrons. The summed E-state index contributed by atoms with van der Waals surface area (Å²) < 4.78 is 0. The van der Waals surface area contributed by atoms with Crippen molar-refractivity contribution in [2.45, 2.75) is 0 Å². The minimum absolute atomic E-state index is 0.932. The SMILES string of the molecule is c1ccc(-c2ccnc3c2ccc2c(-c4ccc5c6ccccc6c6ccccc6c5c4)ccnc23)cc1. The van der Waals surface area contributed by atoms with Gasteiger partial charge in [0.2, 0.25) is 0 Å². The highest BCUT2D eigenvalue weighted by molar-refractivity contribution is 6.26. The van der Waals surface area contributed by atoms with E-state index >= 15 is 0 Å². The Bertz CT molecular complexity index is 2140. The van der Waals surface area contributed by atoms with Crippen molar-refractivity contribution in [3.63, 3.8) is 0 Å². The molecule has 2 heterocycles. The molecule has 8 rings (SSSR count). The van der Waals surface area contributed by atoms with Gasteiger partial charge >= 0.3 is 0 Å². The van der Waals surface area contributed by atoms with Gasteiger partial charge in [0.15, 0.2) is 0 Å². The summed E-state index contributed by atoms with van der Waals surface area (Å²) in [6, 6.07) is 43.4. The number of rotatable bonds is 2. The van der Waals surface area contributed by atoms with E-state index in [1.54, 1.807) is 0 Å². The molecule has 0 atom stereocenters. The average molecular weight is 483 g/mol. The molecule has 8 aromatic rings. The summed E-state index contributed by atoms with van der Waals surface area (Å²) in [5, 5.41) is 9.93. The van der Waals surface area contributed by atoms with Crippen molar-refractivity contribution < 1.29 is 0 Å². The van der Waals surface area contributed by atoms with Gasteiger partial charge in [-0.25, -0.2) is 0 Å². The summed E-state index contributed by atoms with van der Waals surface area (Å²) >= 11 is 0. The van der Waals surface area contributed by atoms with Crippen LogP contribution in [0.3, 0.4) is 0 Å². The van der Waals surface area contributed by atoms with E-state index in [0.717, 1.165) is 21.8 Å². The number of hydrogen-bond acceptors (Lipinski definition) is 2. The third kappa shape index (κ3) is 3.07. The first-order chi connectivity index (χ1) is 18.9. The van der Waals surface area contributed by atoms with Gasteiger partial charge in [0, 0.05) is 23.2 Å². The molecule has 0 aliphatic rings. The minimum atomic E-state index is 0.932. The Morgan fingerprint density at radius 2 is 0.763 bits per heavy atom. The standard InChI is InChI=1S/C36H22N2/c1-2-8-23(9-3-1)25-18-20-37-35-32(25)16-17-33-26(19-21-38-36(33)35)24-14-15-31-29-12-5-4-10-27(29)28-11-6-7-13-30(28)34(31)22-24/h1-22H. The molecule has 0 saturated carbocycles. The van der Waals surface area contributed by atoms with Crippen LogP contribution in [0.1, 0.15) is 0 Å². The lowest BCUT2D eigenvalue weighted by Crippen LogP contribution is -1.91. The van der Waals surface area contributed by atoms with Crippen LogP contribution in [0.5, 0.6) is 0 Å². The Morgan fingerprint density at radius 3 is 1.34 bits per heavy atom. The van der Waals surface area contributed by atoms with E-state index in [4.69, 9.17) is 9.97 Å². The summed E-state index contributed by atoms with van der Waals surface area (Å²) in [6.45, 7) is 0. The van der Waals surface area contributed by atoms with E-state index in [1.165, 1.54) is 54.6 Å². The van der Waals surface area contributed by atoms with E-state index in [2.05, 4.69) is 115 Å². The van der Waals surface area contributed by atoms with Crippen LogP contribution in [0.15, 0.2) is 134 Å². The van der Waals surface area contributed by atoms with Gasteiger partial charge in [-0.1, -0.05) is 103 Å². The van der Waals surface area contributed by atoms with Gasteiger partial charge in [-0.15, -0.1) is 0 Å². The largest absolute Gasteiger partial charge is 0.254 e. The van der Waals surface area contributed by atoms with Crippen LogP contribution in [-0.2, 0) is 0 Å². The number of pyridine rings is 2. The highest BCUT2D eigenvalue weighted by Crippen LogP contribution is 2.39. The number of fused-ring (bicyclic) bond motifs is 9. The molecule has 0 fully saturated rings. The van der Waals surface area contributed by atoms with Crippen LogP contribution in [0.25, 0.3) is 76.4 Å². The Kier molecular flexibility index (Phi) is 4.55. The topological polar surface area (TPSA) is 25.8 Å². The molecule has 0 spiro atoms. The summed E-state index contributed by atoms with van der Waals surface area (Å²) in [5.74, 6) is 0. The van der Waals surface area contributed by atoms with Crippen molar-refractivity contribution in [3.05, 3.63) is 134 Å². The Balaban J connectivity index is 1.40. The molecule has 6 aromatic carbocycles. The zero-order chi connectivity index (χ0) is 25.1. The van der Waals surface area contributed by atoms with E-state index in [-0.39, 0.29) is 0 Å². The molecule has 0 saturated heterocycles. The first-order valence-electron chi connectivity index (χ1n) is 12.9. The van der Waals surface area contributed by atoms with Crippen molar-refractivity contribution >= 4 is 54.1 Å². The molecular formula is C36H22N2. The van der Waals surface area contributed by atoms with E-state index in [9.17, 15) is 0 Å².